The van der Waals surface area contributed by atoms with Gasteiger partial charge in [0.2, 0.25) is 5.91 Å². The van der Waals surface area contributed by atoms with Crippen molar-refractivity contribution in [1.29, 1.82) is 0 Å². The van der Waals surface area contributed by atoms with E-state index in [-0.39, 0.29) is 0 Å². The highest BCUT2D eigenvalue weighted by molar-refractivity contribution is 5.92. The average Bonchev–Trinajstić information content (AvgIpc) is 2.53. The molecule has 0 saturated carbocycles. The van der Waals surface area contributed by atoms with Crippen molar-refractivity contribution >= 4 is 5.91 Å². The zero-order chi connectivity index (χ0) is 15.2. The van der Waals surface area contributed by atoms with Gasteiger partial charge in [0.25, 0.3) is 0 Å². The number of carbonyl (C=O) groups excluding carboxylic acids is 1. The van der Waals surface area contributed by atoms with Gasteiger partial charge >= 0.3 is 0 Å². The summed E-state index contributed by atoms with van der Waals surface area (Å²) in [6, 6.07) is 14.0. The molecule has 1 atom stereocenters. The number of nitrogens with two attached hydrogens (primary N) is 1. The molecule has 0 aliphatic rings. The maximum absolute atomic E-state index is 11.2. The van der Waals surface area contributed by atoms with Crippen LogP contribution in [0.3, 0.4) is 0 Å². The molecule has 4 heteroatoms. The van der Waals surface area contributed by atoms with Gasteiger partial charge in [0.05, 0.1) is 6.61 Å². The summed E-state index contributed by atoms with van der Waals surface area (Å²) in [7, 11) is 0. The maximum Gasteiger partial charge on any atom is 0.248 e. The molecule has 3 N–H and O–H groups in total. The van der Waals surface area contributed by atoms with Crippen LogP contribution in [0.25, 0.3) is 0 Å². The van der Waals surface area contributed by atoms with E-state index in [0.717, 1.165) is 17.7 Å². The minimum Gasteiger partial charge on any atom is -0.494 e. The molecule has 0 aliphatic heterocycles. The summed E-state index contributed by atoms with van der Waals surface area (Å²) in [5, 5.41) is 10.4. The van der Waals surface area contributed by atoms with Gasteiger partial charge in [-0.3, -0.25) is 4.79 Å². The molecule has 0 aliphatic carbocycles. The highest BCUT2D eigenvalue weighted by atomic mass is 16.5. The van der Waals surface area contributed by atoms with Gasteiger partial charge < -0.3 is 15.6 Å². The van der Waals surface area contributed by atoms with Crippen LogP contribution in [0.15, 0.2) is 48.5 Å². The van der Waals surface area contributed by atoms with Crippen LogP contribution in [0.2, 0.25) is 0 Å². The molecule has 0 radical (unpaired) electrons. The molecule has 110 valence electrons. The number of carbonyl (C=O) groups is 1. The van der Waals surface area contributed by atoms with Crippen LogP contribution in [0.4, 0.5) is 0 Å². The summed E-state index contributed by atoms with van der Waals surface area (Å²) in [6.45, 7) is 2.71. The van der Waals surface area contributed by atoms with E-state index in [4.69, 9.17) is 10.5 Å². The summed E-state index contributed by atoms with van der Waals surface area (Å²) in [6.07, 6.45) is 0.147. The number of primary amides is 1. The van der Waals surface area contributed by atoms with Crippen LogP contribution in [-0.4, -0.2) is 17.6 Å². The Bertz CT molecular complexity index is 608. The van der Waals surface area contributed by atoms with Crippen LogP contribution in [0.5, 0.6) is 5.75 Å². The van der Waals surface area contributed by atoms with Crippen molar-refractivity contribution in [2.75, 3.05) is 6.61 Å². The first kappa shape index (κ1) is 15.1. The third-order valence-electron chi connectivity index (χ3n) is 3.16. The van der Waals surface area contributed by atoms with E-state index in [1.165, 1.54) is 0 Å². The topological polar surface area (TPSA) is 72.6 Å². The highest BCUT2D eigenvalue weighted by Crippen LogP contribution is 2.24. The van der Waals surface area contributed by atoms with Crippen molar-refractivity contribution in [2.45, 2.75) is 19.4 Å². The molecule has 4 nitrogen and oxygen atoms in total. The number of rotatable bonds is 6. The Labute approximate surface area is 124 Å². The summed E-state index contributed by atoms with van der Waals surface area (Å²) in [5.74, 6) is 0.269. The summed E-state index contributed by atoms with van der Waals surface area (Å²) in [4.78, 5) is 11.2. The minimum absolute atomic E-state index is 0.384. The lowest BCUT2D eigenvalue weighted by Gasteiger charge is -2.13. The van der Waals surface area contributed by atoms with Gasteiger partial charge in [-0.2, -0.15) is 0 Å². The summed E-state index contributed by atoms with van der Waals surface area (Å²) in [5.41, 5.74) is 7.00. The molecule has 2 aromatic rings. The summed E-state index contributed by atoms with van der Waals surface area (Å²) < 4.78 is 5.50. The first-order valence-electron chi connectivity index (χ1n) is 6.92. The molecule has 1 unspecified atom stereocenters. The van der Waals surface area contributed by atoms with Gasteiger partial charge in [0.1, 0.15) is 11.9 Å². The molecular weight excluding hydrogens is 266 g/mol. The van der Waals surface area contributed by atoms with Gasteiger partial charge in [-0.25, -0.2) is 0 Å². The lowest BCUT2D eigenvalue weighted by Crippen LogP contribution is -2.11. The second-order valence-electron chi connectivity index (χ2n) is 4.81. The first-order valence-corrected chi connectivity index (χ1v) is 6.92. The lowest BCUT2D eigenvalue weighted by molar-refractivity contribution is 0.1000. The van der Waals surface area contributed by atoms with Crippen molar-refractivity contribution in [3.8, 4) is 5.75 Å². The normalized spacial score (nSPS) is 11.9. The van der Waals surface area contributed by atoms with Crippen LogP contribution in [0, 0.1) is 0 Å². The number of benzene rings is 2. The van der Waals surface area contributed by atoms with Crippen molar-refractivity contribution in [1.82, 2.24) is 0 Å². The third-order valence-corrected chi connectivity index (χ3v) is 3.16. The van der Waals surface area contributed by atoms with Crippen LogP contribution >= 0.6 is 0 Å². The monoisotopic (exact) mass is 285 g/mol. The molecular formula is C17H19NO3. The number of aliphatic hydroxyl groups is 1. The van der Waals surface area contributed by atoms with Crippen LogP contribution in [0.1, 0.15) is 40.9 Å². The molecule has 2 aromatic carbocycles. The Kier molecular flexibility index (Phi) is 4.95. The molecule has 0 aromatic heterocycles. The van der Waals surface area contributed by atoms with Crippen LogP contribution in [-0.2, 0) is 0 Å². The number of ether oxygens (including phenoxy) is 1. The Morgan fingerprint density at radius 1 is 1.19 bits per heavy atom. The smallest absolute Gasteiger partial charge is 0.248 e. The van der Waals surface area contributed by atoms with Crippen molar-refractivity contribution < 1.29 is 14.6 Å². The molecule has 21 heavy (non-hydrogen) atoms. The number of amides is 1. The second-order valence-corrected chi connectivity index (χ2v) is 4.81. The highest BCUT2D eigenvalue weighted by Gasteiger charge is 2.12. The third kappa shape index (κ3) is 3.83. The quantitative estimate of drug-likeness (QED) is 0.857. The van der Waals surface area contributed by atoms with Crippen molar-refractivity contribution in [3.63, 3.8) is 0 Å². The van der Waals surface area contributed by atoms with E-state index in [9.17, 15) is 9.90 Å². The van der Waals surface area contributed by atoms with Crippen molar-refractivity contribution in [3.05, 3.63) is 65.2 Å². The molecule has 0 bridgehead atoms. The first-order chi connectivity index (χ1) is 10.1. The lowest BCUT2D eigenvalue weighted by atomic mass is 9.99. The Morgan fingerprint density at radius 2 is 1.90 bits per heavy atom. The predicted molar refractivity (Wildman–Crippen MR) is 81.2 cm³/mol. The maximum atomic E-state index is 11.2. The standard InChI is InChI=1S/C17H19NO3/c1-2-10-21-15-8-6-12(7-9-15)16(19)13-4-3-5-14(11-13)17(18)20/h3-9,11,16,19H,2,10H2,1H3,(H2,18,20). The van der Waals surface area contributed by atoms with E-state index in [0.29, 0.717) is 17.7 Å². The Balaban J connectivity index is 2.17. The summed E-state index contributed by atoms with van der Waals surface area (Å²) >= 11 is 0. The van der Waals surface area contributed by atoms with Gasteiger partial charge in [-0.15, -0.1) is 0 Å². The predicted octanol–water partition coefficient (Wildman–Crippen LogP) is 2.66. The fraction of sp³-hybridized carbons (Fsp3) is 0.235. The molecule has 0 saturated heterocycles. The fourth-order valence-electron chi connectivity index (χ4n) is 2.02. The van der Waals surface area contributed by atoms with E-state index in [2.05, 4.69) is 0 Å². The second kappa shape index (κ2) is 6.90. The molecule has 0 fully saturated rings. The molecule has 0 spiro atoms. The zero-order valence-corrected chi connectivity index (χ0v) is 12.0. The average molecular weight is 285 g/mol. The Hall–Kier alpha value is -2.33. The van der Waals surface area contributed by atoms with Gasteiger partial charge in [-0.05, 0) is 41.8 Å². The molecule has 0 heterocycles. The van der Waals surface area contributed by atoms with E-state index >= 15 is 0 Å². The van der Waals surface area contributed by atoms with Gasteiger partial charge in [-0.1, -0.05) is 31.2 Å². The minimum atomic E-state index is -0.801. The number of hydrogen-bond acceptors (Lipinski definition) is 3. The number of hydrogen-bond donors (Lipinski definition) is 2. The SMILES string of the molecule is CCCOc1ccc(C(O)c2cccc(C(N)=O)c2)cc1. The Morgan fingerprint density at radius 3 is 2.52 bits per heavy atom. The molecule has 1 amide bonds. The van der Waals surface area contributed by atoms with Crippen LogP contribution < -0.4 is 10.5 Å². The van der Waals surface area contributed by atoms with Gasteiger partial charge in [0, 0.05) is 5.56 Å². The zero-order valence-electron chi connectivity index (χ0n) is 12.0. The van der Waals surface area contributed by atoms with E-state index in [1.54, 1.807) is 24.3 Å². The van der Waals surface area contributed by atoms with Gasteiger partial charge in [0.15, 0.2) is 0 Å². The number of aliphatic hydroxyl groups excluding tert-OH is 1. The largest absolute Gasteiger partial charge is 0.494 e. The molecule has 2 rings (SSSR count). The fourth-order valence-corrected chi connectivity index (χ4v) is 2.02. The van der Waals surface area contributed by atoms with Crippen molar-refractivity contribution in [2.24, 2.45) is 5.73 Å². The van der Waals surface area contributed by atoms with E-state index < -0.39 is 12.0 Å². The van der Waals surface area contributed by atoms with E-state index in [1.807, 2.05) is 31.2 Å².